The van der Waals surface area contributed by atoms with E-state index in [1.54, 1.807) is 6.07 Å². The second-order valence-electron chi connectivity index (χ2n) is 7.24. The zero-order valence-electron chi connectivity index (χ0n) is 16.0. The highest BCUT2D eigenvalue weighted by atomic mass is 16.7. The Morgan fingerprint density at radius 1 is 1.19 bits per heavy atom. The predicted molar refractivity (Wildman–Crippen MR) is 101 cm³/mol. The molecule has 0 spiro atoms. The van der Waals surface area contributed by atoms with Crippen LogP contribution in [0.2, 0.25) is 0 Å². The molecule has 0 atom stereocenters. The predicted octanol–water partition coefficient (Wildman–Crippen LogP) is 2.20. The first kappa shape index (κ1) is 17.9. The van der Waals surface area contributed by atoms with Gasteiger partial charge >= 0.3 is 0 Å². The molecule has 144 valence electrons. The molecule has 27 heavy (non-hydrogen) atoms. The third kappa shape index (κ3) is 3.93. The van der Waals surface area contributed by atoms with Crippen LogP contribution in [0.3, 0.4) is 0 Å². The number of carbonyl (C=O) groups is 1. The molecule has 4 rings (SSSR count). The normalized spacial score (nSPS) is 16.1. The van der Waals surface area contributed by atoms with Gasteiger partial charge in [0, 0.05) is 25.7 Å². The first-order valence-electron chi connectivity index (χ1n) is 9.51. The average Bonchev–Trinajstić information content (AvgIpc) is 3.39. The summed E-state index contributed by atoms with van der Waals surface area (Å²) >= 11 is 0. The van der Waals surface area contributed by atoms with Crippen molar-refractivity contribution in [1.82, 2.24) is 19.6 Å². The van der Waals surface area contributed by atoms with Crippen molar-refractivity contribution in [1.29, 1.82) is 0 Å². The molecule has 2 aromatic rings. The minimum atomic E-state index is 0.00588. The van der Waals surface area contributed by atoms with Crippen LogP contribution in [0, 0.1) is 6.92 Å². The molecule has 1 amide bonds. The van der Waals surface area contributed by atoms with Crippen molar-refractivity contribution < 1.29 is 14.3 Å². The van der Waals surface area contributed by atoms with Crippen molar-refractivity contribution >= 4 is 5.91 Å². The Kier molecular flexibility index (Phi) is 5.03. The van der Waals surface area contributed by atoms with Crippen molar-refractivity contribution in [2.45, 2.75) is 26.3 Å². The highest BCUT2D eigenvalue weighted by molar-refractivity contribution is 5.95. The van der Waals surface area contributed by atoms with Gasteiger partial charge in [0.05, 0.1) is 17.9 Å². The van der Waals surface area contributed by atoms with Gasteiger partial charge in [-0.3, -0.25) is 9.48 Å². The Morgan fingerprint density at radius 3 is 2.70 bits per heavy atom. The zero-order valence-corrected chi connectivity index (χ0v) is 16.0. The Balaban J connectivity index is 1.53. The maximum Gasteiger partial charge on any atom is 0.254 e. The van der Waals surface area contributed by atoms with Crippen molar-refractivity contribution in [3.05, 3.63) is 41.2 Å². The van der Waals surface area contributed by atoms with E-state index in [0.29, 0.717) is 30.2 Å². The Bertz CT molecular complexity index is 827. The molecule has 0 radical (unpaired) electrons. The van der Waals surface area contributed by atoms with Crippen LogP contribution in [-0.2, 0) is 13.6 Å². The molecule has 3 heterocycles. The monoisotopic (exact) mass is 370 g/mol. The van der Waals surface area contributed by atoms with Gasteiger partial charge < -0.3 is 19.3 Å². The summed E-state index contributed by atoms with van der Waals surface area (Å²) in [4.78, 5) is 17.6. The maximum atomic E-state index is 13.3. The summed E-state index contributed by atoms with van der Waals surface area (Å²) in [6, 6.07) is 7.44. The second kappa shape index (κ2) is 7.60. The Labute approximate surface area is 159 Å². The number of carbonyl (C=O) groups excluding carboxylic acids is 1. The number of benzene rings is 1. The van der Waals surface area contributed by atoms with Crippen molar-refractivity contribution in [3.63, 3.8) is 0 Å². The lowest BCUT2D eigenvalue weighted by atomic mass is 10.1. The topological polar surface area (TPSA) is 59.8 Å². The highest BCUT2D eigenvalue weighted by Gasteiger charge is 2.22. The molecule has 1 aromatic carbocycles. The van der Waals surface area contributed by atoms with Crippen LogP contribution >= 0.6 is 0 Å². The van der Waals surface area contributed by atoms with E-state index in [2.05, 4.69) is 10.00 Å². The van der Waals surface area contributed by atoms with E-state index < -0.39 is 0 Å². The van der Waals surface area contributed by atoms with E-state index >= 15 is 0 Å². The molecule has 0 bridgehead atoms. The lowest BCUT2D eigenvalue weighted by molar-refractivity contribution is 0.0722. The van der Waals surface area contributed by atoms with Gasteiger partial charge in [-0.2, -0.15) is 5.10 Å². The first-order valence-corrected chi connectivity index (χ1v) is 9.51. The fraction of sp³-hybridized carbons (Fsp3) is 0.500. The fourth-order valence-electron chi connectivity index (χ4n) is 3.74. The molecule has 0 saturated carbocycles. The number of aryl methyl sites for hydroxylation is 2. The molecule has 0 aliphatic carbocycles. The standard InChI is InChI=1S/C20H26N4O3/c1-15-11-17(22(2)21-15)13-24(10-9-23-7-3-4-8-23)20(25)16-5-6-18-19(12-16)27-14-26-18/h5-6,11-12H,3-4,7-10,13-14H2,1-2H3. The summed E-state index contributed by atoms with van der Waals surface area (Å²) < 4.78 is 12.6. The number of nitrogens with zero attached hydrogens (tertiary/aromatic N) is 4. The number of fused-ring (bicyclic) bond motifs is 1. The van der Waals surface area contributed by atoms with Crippen molar-refractivity contribution in [3.8, 4) is 11.5 Å². The lowest BCUT2D eigenvalue weighted by Crippen LogP contribution is -2.38. The Hall–Kier alpha value is -2.54. The number of hydrogen-bond acceptors (Lipinski definition) is 5. The molecule has 2 aliphatic heterocycles. The highest BCUT2D eigenvalue weighted by Crippen LogP contribution is 2.33. The van der Waals surface area contributed by atoms with E-state index in [1.165, 1.54) is 12.8 Å². The molecule has 0 unspecified atom stereocenters. The molecule has 0 N–H and O–H groups in total. The molecule has 7 nitrogen and oxygen atoms in total. The van der Waals surface area contributed by atoms with Gasteiger partial charge in [-0.05, 0) is 57.1 Å². The van der Waals surface area contributed by atoms with Crippen molar-refractivity contribution in [2.75, 3.05) is 33.0 Å². The third-order valence-corrected chi connectivity index (χ3v) is 5.24. The number of likely N-dealkylation sites (tertiary alicyclic amines) is 1. The summed E-state index contributed by atoms with van der Waals surface area (Å²) in [6.45, 7) is 6.55. The third-order valence-electron chi connectivity index (χ3n) is 5.24. The quantitative estimate of drug-likeness (QED) is 0.780. The van der Waals surface area contributed by atoms with Crippen LogP contribution in [0.25, 0.3) is 0 Å². The zero-order chi connectivity index (χ0) is 18.8. The SMILES string of the molecule is Cc1cc(CN(CCN2CCCC2)C(=O)c2ccc3c(c2)OCO3)n(C)n1. The number of amides is 1. The lowest BCUT2D eigenvalue weighted by Gasteiger charge is -2.25. The van der Waals surface area contributed by atoms with Gasteiger partial charge in [0.15, 0.2) is 11.5 Å². The molecular weight excluding hydrogens is 344 g/mol. The van der Waals surface area contributed by atoms with E-state index in [1.807, 2.05) is 41.8 Å². The summed E-state index contributed by atoms with van der Waals surface area (Å²) in [5.41, 5.74) is 2.62. The second-order valence-corrected chi connectivity index (χ2v) is 7.24. The fourth-order valence-corrected chi connectivity index (χ4v) is 3.74. The van der Waals surface area contributed by atoms with Gasteiger partial charge in [0.2, 0.25) is 6.79 Å². The van der Waals surface area contributed by atoms with Gasteiger partial charge in [-0.15, -0.1) is 0 Å². The van der Waals surface area contributed by atoms with Gasteiger partial charge in [0.25, 0.3) is 5.91 Å². The number of rotatable bonds is 6. The van der Waals surface area contributed by atoms with Gasteiger partial charge in [0.1, 0.15) is 0 Å². The van der Waals surface area contributed by atoms with Crippen LogP contribution in [0.5, 0.6) is 11.5 Å². The van der Waals surface area contributed by atoms with Crippen LogP contribution in [0.15, 0.2) is 24.3 Å². The maximum absolute atomic E-state index is 13.3. The van der Waals surface area contributed by atoms with Crippen LogP contribution in [0.4, 0.5) is 0 Å². The summed E-state index contributed by atoms with van der Waals surface area (Å²) in [5, 5.41) is 4.41. The molecule has 7 heteroatoms. The van der Waals surface area contributed by atoms with Crippen molar-refractivity contribution in [2.24, 2.45) is 7.05 Å². The van der Waals surface area contributed by atoms with Crippen LogP contribution < -0.4 is 9.47 Å². The summed E-state index contributed by atoms with van der Waals surface area (Å²) in [6.07, 6.45) is 2.49. The van der Waals surface area contributed by atoms with E-state index in [4.69, 9.17) is 9.47 Å². The smallest absolute Gasteiger partial charge is 0.254 e. The van der Waals surface area contributed by atoms with E-state index in [9.17, 15) is 4.79 Å². The minimum Gasteiger partial charge on any atom is -0.454 e. The average molecular weight is 370 g/mol. The first-order chi connectivity index (χ1) is 13.1. The molecular formula is C20H26N4O3. The molecule has 1 fully saturated rings. The summed E-state index contributed by atoms with van der Waals surface area (Å²) in [5.74, 6) is 1.33. The summed E-state index contributed by atoms with van der Waals surface area (Å²) in [7, 11) is 1.92. The van der Waals surface area contributed by atoms with Crippen LogP contribution in [-0.4, -0.2) is 58.5 Å². The van der Waals surface area contributed by atoms with Gasteiger partial charge in [-0.1, -0.05) is 0 Å². The van der Waals surface area contributed by atoms with E-state index in [0.717, 1.165) is 31.0 Å². The number of hydrogen-bond donors (Lipinski definition) is 0. The number of aromatic nitrogens is 2. The largest absolute Gasteiger partial charge is 0.454 e. The molecule has 1 saturated heterocycles. The molecule has 2 aliphatic rings. The van der Waals surface area contributed by atoms with Crippen LogP contribution in [0.1, 0.15) is 34.6 Å². The van der Waals surface area contributed by atoms with Gasteiger partial charge in [-0.25, -0.2) is 0 Å². The van der Waals surface area contributed by atoms with E-state index in [-0.39, 0.29) is 12.7 Å². The minimum absolute atomic E-state index is 0.00588. The molecule has 1 aromatic heterocycles. The number of ether oxygens (including phenoxy) is 2. The Morgan fingerprint density at radius 2 is 1.96 bits per heavy atom.